The van der Waals surface area contributed by atoms with Crippen molar-refractivity contribution in [2.24, 2.45) is 0 Å². The van der Waals surface area contributed by atoms with E-state index in [1.807, 2.05) is 0 Å². The lowest BCUT2D eigenvalue weighted by molar-refractivity contribution is -0.139. The lowest BCUT2D eigenvalue weighted by Crippen LogP contribution is -2.46. The predicted octanol–water partition coefficient (Wildman–Crippen LogP) is 4.92. The molecule has 1 N–H and O–H groups in total. The number of anilines is 2. The highest BCUT2D eigenvalue weighted by atomic mass is 19.1. The number of amides is 3. The van der Waals surface area contributed by atoms with Crippen molar-refractivity contribution < 1.29 is 37.4 Å². The Balaban J connectivity index is 1.57. The van der Waals surface area contributed by atoms with E-state index in [1.54, 1.807) is 36.4 Å². The molecular weight excluding hydrogens is 572 g/mol. The Morgan fingerprint density at radius 2 is 1.59 bits per heavy atom. The van der Waals surface area contributed by atoms with Crippen LogP contribution >= 0.6 is 0 Å². The number of ether oxygens (including phenoxy) is 2. The van der Waals surface area contributed by atoms with Crippen LogP contribution in [0.25, 0.3) is 0 Å². The van der Waals surface area contributed by atoms with Gasteiger partial charge in [-0.05, 0) is 48.0 Å². The maximum absolute atomic E-state index is 14.9. The van der Waals surface area contributed by atoms with Gasteiger partial charge in [0.15, 0.2) is 0 Å². The fourth-order valence-corrected chi connectivity index (χ4v) is 4.99. The average molecular weight is 600 g/mol. The van der Waals surface area contributed by atoms with Crippen LogP contribution in [0.5, 0.6) is 11.5 Å². The normalized spacial score (nSPS) is 12.9. The Morgan fingerprint density at radius 1 is 0.886 bits per heavy atom. The molecule has 1 unspecified atom stereocenters. The van der Waals surface area contributed by atoms with E-state index in [-0.39, 0.29) is 33.8 Å². The Kier molecular flexibility index (Phi) is 8.66. The summed E-state index contributed by atoms with van der Waals surface area (Å²) in [6.07, 6.45) is 0. The van der Waals surface area contributed by atoms with Gasteiger partial charge in [-0.3, -0.25) is 24.1 Å². The first-order valence-electron chi connectivity index (χ1n) is 13.5. The molecule has 1 aliphatic rings. The summed E-state index contributed by atoms with van der Waals surface area (Å²) in [4.78, 5) is 55.8. The minimum absolute atomic E-state index is 0.0898. The molecule has 3 amide bonds. The molecule has 224 valence electrons. The predicted molar refractivity (Wildman–Crippen MR) is 157 cm³/mol. The molecule has 44 heavy (non-hydrogen) atoms. The SMILES string of the molecule is COc1ccc(NC(=O)C(c2ccc(F)cc2)N(Cc2ccccc2F)C(=O)CN2C(=O)C(=O)c3ccccc32)c(OC)c1. The van der Waals surface area contributed by atoms with Gasteiger partial charge in [0, 0.05) is 18.2 Å². The number of ketones is 1. The van der Waals surface area contributed by atoms with E-state index in [2.05, 4.69) is 5.32 Å². The number of para-hydroxylation sites is 1. The van der Waals surface area contributed by atoms with Gasteiger partial charge in [-0.1, -0.05) is 42.5 Å². The average Bonchev–Trinajstić information content (AvgIpc) is 3.27. The molecule has 0 radical (unpaired) electrons. The molecule has 4 aromatic rings. The molecule has 1 aliphatic heterocycles. The summed E-state index contributed by atoms with van der Waals surface area (Å²) >= 11 is 0. The van der Waals surface area contributed by atoms with Crippen molar-refractivity contribution in [1.82, 2.24) is 4.90 Å². The molecular formula is C33H27F2N3O6. The number of benzene rings is 4. The van der Waals surface area contributed by atoms with E-state index >= 15 is 0 Å². The van der Waals surface area contributed by atoms with Gasteiger partial charge in [0.2, 0.25) is 5.91 Å². The van der Waals surface area contributed by atoms with Crippen LogP contribution < -0.4 is 19.7 Å². The monoisotopic (exact) mass is 599 g/mol. The van der Waals surface area contributed by atoms with Gasteiger partial charge < -0.3 is 19.7 Å². The summed E-state index contributed by atoms with van der Waals surface area (Å²) < 4.78 is 39.5. The number of fused-ring (bicyclic) bond motifs is 1. The number of Topliss-reactive ketones (excluding diaryl/α,β-unsaturated/α-hetero) is 1. The molecule has 0 fully saturated rings. The fourth-order valence-electron chi connectivity index (χ4n) is 4.99. The van der Waals surface area contributed by atoms with E-state index < -0.39 is 54.3 Å². The van der Waals surface area contributed by atoms with Crippen molar-refractivity contribution in [3.63, 3.8) is 0 Å². The zero-order valence-electron chi connectivity index (χ0n) is 23.8. The third-order valence-corrected chi connectivity index (χ3v) is 7.20. The van der Waals surface area contributed by atoms with E-state index in [0.717, 1.165) is 21.9 Å². The van der Waals surface area contributed by atoms with E-state index in [1.165, 1.54) is 56.7 Å². The Bertz CT molecular complexity index is 1740. The first-order chi connectivity index (χ1) is 21.2. The van der Waals surface area contributed by atoms with Gasteiger partial charge in [-0.2, -0.15) is 0 Å². The summed E-state index contributed by atoms with van der Waals surface area (Å²) in [5, 5.41) is 2.75. The minimum atomic E-state index is -1.43. The van der Waals surface area contributed by atoms with Gasteiger partial charge in [-0.15, -0.1) is 0 Å². The molecule has 1 heterocycles. The molecule has 11 heteroatoms. The minimum Gasteiger partial charge on any atom is -0.497 e. The highest BCUT2D eigenvalue weighted by Gasteiger charge is 2.39. The number of nitrogens with zero attached hydrogens (tertiary/aromatic N) is 2. The Morgan fingerprint density at radius 3 is 2.30 bits per heavy atom. The third kappa shape index (κ3) is 5.98. The van der Waals surface area contributed by atoms with Crippen LogP contribution in [0.1, 0.15) is 27.5 Å². The van der Waals surface area contributed by atoms with Crippen LogP contribution in [-0.2, 0) is 20.9 Å². The molecule has 0 aliphatic carbocycles. The maximum Gasteiger partial charge on any atom is 0.299 e. The topological polar surface area (TPSA) is 105 Å². The summed E-state index contributed by atoms with van der Waals surface area (Å²) in [5.74, 6) is -3.64. The van der Waals surface area contributed by atoms with Crippen molar-refractivity contribution in [3.8, 4) is 11.5 Å². The molecule has 5 rings (SSSR count). The number of hydrogen-bond donors (Lipinski definition) is 1. The van der Waals surface area contributed by atoms with Gasteiger partial charge >= 0.3 is 0 Å². The summed E-state index contributed by atoms with van der Waals surface area (Å²) in [5.41, 5.74) is 0.938. The number of carbonyl (C=O) groups excluding carboxylic acids is 4. The standard InChI is InChI=1S/C33H27F2N3O6/c1-43-23-15-16-26(28(17-23)44-2)36-32(41)30(20-11-13-22(34)14-12-20)38(18-21-7-3-5-9-25(21)35)29(39)19-37-27-10-6-4-8-24(27)31(40)33(37)42/h3-17,30H,18-19H2,1-2H3,(H,36,41). The lowest BCUT2D eigenvalue weighted by Gasteiger charge is -2.33. The van der Waals surface area contributed by atoms with E-state index in [9.17, 15) is 28.0 Å². The van der Waals surface area contributed by atoms with Crippen molar-refractivity contribution in [1.29, 1.82) is 0 Å². The Hall–Kier alpha value is -5.58. The first-order valence-corrected chi connectivity index (χ1v) is 13.5. The van der Waals surface area contributed by atoms with Crippen LogP contribution in [0.4, 0.5) is 20.2 Å². The third-order valence-electron chi connectivity index (χ3n) is 7.20. The fraction of sp³-hybridized carbons (Fsp3) is 0.152. The lowest BCUT2D eigenvalue weighted by atomic mass is 10.0. The second kappa shape index (κ2) is 12.7. The summed E-state index contributed by atoms with van der Waals surface area (Å²) in [6, 6.07) is 20.2. The molecule has 0 bridgehead atoms. The zero-order chi connectivity index (χ0) is 31.4. The number of methoxy groups -OCH3 is 2. The van der Waals surface area contributed by atoms with Gasteiger partial charge in [-0.25, -0.2) is 8.78 Å². The number of halogens is 2. The molecule has 1 atom stereocenters. The van der Waals surface area contributed by atoms with Crippen LogP contribution in [0, 0.1) is 11.6 Å². The molecule has 0 aromatic heterocycles. The summed E-state index contributed by atoms with van der Waals surface area (Å²) in [7, 11) is 2.88. The van der Waals surface area contributed by atoms with Gasteiger partial charge in [0.05, 0.1) is 31.2 Å². The first kappa shape index (κ1) is 29.9. The largest absolute Gasteiger partial charge is 0.497 e. The molecule has 0 saturated carbocycles. The van der Waals surface area contributed by atoms with Crippen molar-refractivity contribution >= 4 is 34.9 Å². The van der Waals surface area contributed by atoms with Crippen LogP contribution in [0.15, 0.2) is 91.0 Å². The van der Waals surface area contributed by atoms with Crippen molar-refractivity contribution in [3.05, 3.63) is 119 Å². The second-order valence-electron chi connectivity index (χ2n) is 9.86. The highest BCUT2D eigenvalue weighted by Crippen LogP contribution is 2.33. The quantitative estimate of drug-likeness (QED) is 0.260. The number of carbonyl (C=O) groups is 4. The van der Waals surface area contributed by atoms with Crippen molar-refractivity contribution in [2.45, 2.75) is 12.6 Å². The zero-order valence-corrected chi connectivity index (χ0v) is 23.8. The van der Waals surface area contributed by atoms with Crippen LogP contribution in [0.2, 0.25) is 0 Å². The number of hydrogen-bond acceptors (Lipinski definition) is 6. The molecule has 0 saturated heterocycles. The van der Waals surface area contributed by atoms with E-state index in [0.29, 0.717) is 5.75 Å². The molecule has 9 nitrogen and oxygen atoms in total. The Labute approximate surface area is 251 Å². The van der Waals surface area contributed by atoms with Gasteiger partial charge in [0.1, 0.15) is 35.7 Å². The van der Waals surface area contributed by atoms with Gasteiger partial charge in [0.25, 0.3) is 17.6 Å². The maximum atomic E-state index is 14.9. The van der Waals surface area contributed by atoms with E-state index in [4.69, 9.17) is 9.47 Å². The highest BCUT2D eigenvalue weighted by molar-refractivity contribution is 6.52. The second-order valence-corrected chi connectivity index (χ2v) is 9.86. The smallest absolute Gasteiger partial charge is 0.299 e. The summed E-state index contributed by atoms with van der Waals surface area (Å²) in [6.45, 7) is -1.01. The number of nitrogens with one attached hydrogen (secondary N) is 1. The van der Waals surface area contributed by atoms with Crippen molar-refractivity contribution in [2.75, 3.05) is 31.0 Å². The molecule has 4 aromatic carbocycles. The van der Waals surface area contributed by atoms with Crippen LogP contribution in [-0.4, -0.2) is 49.2 Å². The molecule has 0 spiro atoms. The van der Waals surface area contributed by atoms with Crippen LogP contribution in [0.3, 0.4) is 0 Å². The number of rotatable bonds is 10.